The first-order valence-corrected chi connectivity index (χ1v) is 20.0. The molecule has 0 saturated heterocycles. The SMILES string of the molecule is CC1=CC(N(C2=Cc3c(c4c(-c5ccccc5)c(-c5ccccc5)cc(C5=CC=CCC5)c4c4ccccc34)CC2)c2ccc3ccccc3c2)=CC(C)C1. The standard InChI is InChI=1S/C54H45N/c1-36-30-37(2)32-45(31-36)55(43-27-26-38-16-12-13-23-42(38)33-43)44-28-29-48-51(34-44)46-24-14-15-25-47(46)53-50(40-19-8-4-9-20-40)35-49(39-17-6-3-7-18-39)52(54(48)53)41-21-10-5-11-22-41/h3-8,10-19,21-27,31-36H,9,20,28-30H2,1-2H3. The van der Waals surface area contributed by atoms with Crippen LogP contribution in [0.15, 0.2) is 181 Å². The molecule has 7 aromatic rings. The average molecular weight is 708 g/mol. The third kappa shape index (κ3) is 5.96. The Labute approximate surface area is 325 Å². The van der Waals surface area contributed by atoms with Crippen molar-refractivity contribution < 1.29 is 0 Å². The molecule has 266 valence electrons. The van der Waals surface area contributed by atoms with Crippen molar-refractivity contribution in [3.05, 3.63) is 197 Å². The zero-order valence-corrected chi connectivity index (χ0v) is 31.7. The van der Waals surface area contributed by atoms with Crippen molar-refractivity contribution in [3.63, 3.8) is 0 Å². The highest BCUT2D eigenvalue weighted by Gasteiger charge is 2.28. The minimum absolute atomic E-state index is 0.483. The number of rotatable bonds is 6. The summed E-state index contributed by atoms with van der Waals surface area (Å²) in [7, 11) is 0. The van der Waals surface area contributed by atoms with Gasteiger partial charge < -0.3 is 4.90 Å². The first kappa shape index (κ1) is 33.4. The van der Waals surface area contributed by atoms with Crippen LogP contribution in [-0.2, 0) is 6.42 Å². The smallest absolute Gasteiger partial charge is 0.0464 e. The minimum atomic E-state index is 0.483. The highest BCUT2D eigenvalue weighted by atomic mass is 15.2. The number of fused-ring (bicyclic) bond motifs is 7. The van der Waals surface area contributed by atoms with E-state index in [-0.39, 0.29) is 0 Å². The Balaban J connectivity index is 1.31. The van der Waals surface area contributed by atoms with Crippen molar-refractivity contribution in [3.8, 4) is 22.3 Å². The lowest BCUT2D eigenvalue weighted by Gasteiger charge is -2.35. The third-order valence-corrected chi connectivity index (χ3v) is 11.9. The Bertz CT molecular complexity index is 2790. The molecule has 3 aliphatic carbocycles. The number of hydrogen-bond donors (Lipinski definition) is 0. The highest BCUT2D eigenvalue weighted by Crippen LogP contribution is 2.50. The minimum Gasteiger partial charge on any atom is -0.314 e. The van der Waals surface area contributed by atoms with E-state index in [9.17, 15) is 0 Å². The number of benzene rings is 7. The second kappa shape index (κ2) is 13.9. The van der Waals surface area contributed by atoms with Gasteiger partial charge in [0, 0.05) is 17.1 Å². The van der Waals surface area contributed by atoms with E-state index < -0.39 is 0 Å². The molecule has 3 aliphatic rings. The van der Waals surface area contributed by atoms with Crippen molar-refractivity contribution in [1.82, 2.24) is 0 Å². The zero-order chi connectivity index (χ0) is 36.9. The second-order valence-electron chi connectivity index (χ2n) is 15.7. The molecule has 0 radical (unpaired) electrons. The fraction of sp³-hybridized carbons (Fsp3) is 0.148. The van der Waals surface area contributed by atoms with Crippen LogP contribution in [0.2, 0.25) is 0 Å². The lowest BCUT2D eigenvalue weighted by Crippen LogP contribution is -2.25. The largest absolute Gasteiger partial charge is 0.314 e. The third-order valence-electron chi connectivity index (χ3n) is 11.9. The van der Waals surface area contributed by atoms with Gasteiger partial charge in [-0.05, 0) is 152 Å². The zero-order valence-electron chi connectivity index (χ0n) is 31.7. The molecule has 10 rings (SSSR count). The lowest BCUT2D eigenvalue weighted by atomic mass is 9.77. The molecule has 0 aliphatic heterocycles. The van der Waals surface area contributed by atoms with Crippen LogP contribution >= 0.6 is 0 Å². The lowest BCUT2D eigenvalue weighted by molar-refractivity contribution is 0.694. The van der Waals surface area contributed by atoms with E-state index in [2.05, 4.69) is 189 Å². The van der Waals surface area contributed by atoms with Crippen molar-refractivity contribution in [2.45, 2.75) is 46.0 Å². The first-order valence-electron chi connectivity index (χ1n) is 20.0. The summed E-state index contributed by atoms with van der Waals surface area (Å²) in [5, 5.41) is 7.99. The second-order valence-corrected chi connectivity index (χ2v) is 15.7. The van der Waals surface area contributed by atoms with Crippen LogP contribution < -0.4 is 4.90 Å². The molecule has 0 heterocycles. The van der Waals surface area contributed by atoms with Gasteiger partial charge >= 0.3 is 0 Å². The van der Waals surface area contributed by atoms with Crippen LogP contribution in [0.3, 0.4) is 0 Å². The van der Waals surface area contributed by atoms with Crippen LogP contribution in [0.1, 0.15) is 56.2 Å². The summed E-state index contributed by atoms with van der Waals surface area (Å²) in [5.41, 5.74) is 16.0. The van der Waals surface area contributed by atoms with Crippen molar-refractivity contribution in [1.29, 1.82) is 0 Å². The van der Waals surface area contributed by atoms with Gasteiger partial charge in [-0.25, -0.2) is 0 Å². The van der Waals surface area contributed by atoms with E-state index in [4.69, 9.17) is 0 Å². The van der Waals surface area contributed by atoms with E-state index >= 15 is 0 Å². The number of hydrogen-bond acceptors (Lipinski definition) is 1. The van der Waals surface area contributed by atoms with Gasteiger partial charge in [0.2, 0.25) is 0 Å². The van der Waals surface area contributed by atoms with Gasteiger partial charge in [-0.3, -0.25) is 0 Å². The van der Waals surface area contributed by atoms with E-state index in [0.29, 0.717) is 5.92 Å². The monoisotopic (exact) mass is 707 g/mol. The number of anilines is 1. The molecular weight excluding hydrogens is 663 g/mol. The average Bonchev–Trinajstić information content (AvgIpc) is 3.24. The number of allylic oxidation sites excluding steroid dienone is 8. The summed E-state index contributed by atoms with van der Waals surface area (Å²) < 4.78 is 0. The van der Waals surface area contributed by atoms with Gasteiger partial charge in [0.1, 0.15) is 0 Å². The Hall–Kier alpha value is -6.18. The molecule has 0 saturated carbocycles. The van der Waals surface area contributed by atoms with Gasteiger partial charge in [0.05, 0.1) is 0 Å². The summed E-state index contributed by atoms with van der Waals surface area (Å²) in [6.45, 7) is 4.64. The molecule has 0 N–H and O–H groups in total. The molecule has 0 amide bonds. The number of nitrogens with zero attached hydrogens (tertiary/aromatic N) is 1. The quantitative estimate of drug-likeness (QED) is 0.156. The normalized spacial score (nSPS) is 16.7. The summed E-state index contributed by atoms with van der Waals surface area (Å²) in [6.07, 6.45) is 19.5. The molecular formula is C54H45N. The van der Waals surface area contributed by atoms with E-state index in [1.165, 1.54) is 99.5 Å². The van der Waals surface area contributed by atoms with Gasteiger partial charge in [0.15, 0.2) is 0 Å². The predicted octanol–water partition coefficient (Wildman–Crippen LogP) is 14.9. The van der Waals surface area contributed by atoms with Crippen molar-refractivity contribution in [2.24, 2.45) is 5.92 Å². The van der Waals surface area contributed by atoms with E-state index in [1.54, 1.807) is 0 Å². The molecule has 1 heteroatoms. The van der Waals surface area contributed by atoms with Crippen LogP contribution in [-0.4, -0.2) is 0 Å². The Morgan fingerprint density at radius 2 is 1.35 bits per heavy atom. The Morgan fingerprint density at radius 1 is 0.618 bits per heavy atom. The van der Waals surface area contributed by atoms with Gasteiger partial charge in [-0.15, -0.1) is 0 Å². The molecule has 1 unspecified atom stereocenters. The molecule has 0 aromatic heterocycles. The number of aryl methyl sites for hydroxylation is 1. The highest BCUT2D eigenvalue weighted by molar-refractivity contribution is 6.22. The summed E-state index contributed by atoms with van der Waals surface area (Å²) >= 11 is 0. The van der Waals surface area contributed by atoms with Crippen LogP contribution in [0.5, 0.6) is 0 Å². The molecule has 7 aromatic carbocycles. The molecule has 0 bridgehead atoms. The summed E-state index contributed by atoms with van der Waals surface area (Å²) in [4.78, 5) is 2.57. The van der Waals surface area contributed by atoms with Crippen LogP contribution in [0, 0.1) is 5.92 Å². The topological polar surface area (TPSA) is 3.24 Å². The van der Waals surface area contributed by atoms with Gasteiger partial charge in [-0.2, -0.15) is 0 Å². The fourth-order valence-corrected chi connectivity index (χ4v) is 9.57. The molecule has 1 nitrogen and oxygen atoms in total. The van der Waals surface area contributed by atoms with Crippen molar-refractivity contribution in [2.75, 3.05) is 4.90 Å². The Morgan fingerprint density at radius 3 is 2.11 bits per heavy atom. The summed E-state index contributed by atoms with van der Waals surface area (Å²) in [6, 6.07) is 49.6. The molecule has 1 atom stereocenters. The molecule has 55 heavy (non-hydrogen) atoms. The van der Waals surface area contributed by atoms with Crippen LogP contribution in [0.25, 0.3) is 66.2 Å². The fourth-order valence-electron chi connectivity index (χ4n) is 9.57. The van der Waals surface area contributed by atoms with Crippen LogP contribution in [0.4, 0.5) is 5.69 Å². The van der Waals surface area contributed by atoms with E-state index in [1.807, 2.05) is 0 Å². The maximum Gasteiger partial charge on any atom is 0.0464 e. The van der Waals surface area contributed by atoms with Gasteiger partial charge in [0.25, 0.3) is 0 Å². The molecule has 0 fully saturated rings. The Kier molecular flexibility index (Phi) is 8.44. The summed E-state index contributed by atoms with van der Waals surface area (Å²) in [5.74, 6) is 0.483. The van der Waals surface area contributed by atoms with Gasteiger partial charge in [-0.1, -0.05) is 152 Å². The molecule has 0 spiro atoms. The predicted molar refractivity (Wildman–Crippen MR) is 237 cm³/mol. The van der Waals surface area contributed by atoms with Crippen molar-refractivity contribution >= 4 is 49.7 Å². The maximum absolute atomic E-state index is 2.57. The maximum atomic E-state index is 2.57. The van der Waals surface area contributed by atoms with E-state index in [0.717, 1.165) is 32.1 Å². The first-order chi connectivity index (χ1) is 27.1.